The Balaban J connectivity index is 1.37. The third-order valence-electron chi connectivity index (χ3n) is 7.44. The first kappa shape index (κ1) is 22.0. The normalized spacial score (nSPS) is 23.1. The molecule has 36 heavy (non-hydrogen) atoms. The second-order valence-corrected chi connectivity index (χ2v) is 11.4. The van der Waals surface area contributed by atoms with Crippen molar-refractivity contribution >= 4 is 56.2 Å². The van der Waals surface area contributed by atoms with Crippen molar-refractivity contribution in [2.24, 2.45) is 5.92 Å². The molecule has 0 saturated carbocycles. The number of aromatic nitrogens is 4. The molecule has 186 valence electrons. The van der Waals surface area contributed by atoms with E-state index in [9.17, 15) is 4.79 Å². The molecule has 0 radical (unpaired) electrons. The number of aryl methyl sites for hydroxylation is 1. The maximum absolute atomic E-state index is 11.5. The standard InChI is InChI=1S/C26H28N6O3S/c1-13(2)35-21-8-19-15(9-27-31-19)6-20(21)28-24-23-18-4-3-14(11-33)5-22(18)36-25(23)30-26(29-24)32-10-17-7-16(32)12-34-17/h6,8-9,11,13-14,16-17H,3-5,7,10,12H2,1-2H3,(H,27,31)(H,28,29,30)/t14-,16+,17+/m0/s1. The molecule has 2 fully saturated rings. The lowest BCUT2D eigenvalue weighted by molar-refractivity contribution is -0.111. The van der Waals surface area contributed by atoms with Crippen molar-refractivity contribution in [3.8, 4) is 5.75 Å². The number of nitrogens with one attached hydrogen (secondary N) is 2. The monoisotopic (exact) mass is 504 g/mol. The number of fused-ring (bicyclic) bond motifs is 6. The molecule has 7 rings (SSSR count). The van der Waals surface area contributed by atoms with Crippen LogP contribution in [-0.2, 0) is 22.4 Å². The number of H-pyrrole nitrogens is 1. The van der Waals surface area contributed by atoms with Gasteiger partial charge in [-0.1, -0.05) is 0 Å². The molecule has 3 aliphatic rings. The van der Waals surface area contributed by atoms with Gasteiger partial charge in [0, 0.05) is 28.8 Å². The fraction of sp³-hybridized carbons (Fsp3) is 0.462. The van der Waals surface area contributed by atoms with Gasteiger partial charge in [0.2, 0.25) is 5.95 Å². The van der Waals surface area contributed by atoms with E-state index in [0.29, 0.717) is 6.04 Å². The molecule has 1 aromatic carbocycles. The number of carbonyl (C=O) groups excluding carboxylic acids is 1. The van der Waals surface area contributed by atoms with Gasteiger partial charge in [-0.3, -0.25) is 5.10 Å². The molecule has 0 amide bonds. The molecular formula is C26H28N6O3S. The Hall–Kier alpha value is -3.24. The highest BCUT2D eigenvalue weighted by Crippen LogP contribution is 2.43. The Morgan fingerprint density at radius 3 is 3.03 bits per heavy atom. The van der Waals surface area contributed by atoms with Gasteiger partial charge in [0.25, 0.3) is 0 Å². The summed E-state index contributed by atoms with van der Waals surface area (Å²) in [5.74, 6) is 2.35. The molecule has 2 N–H and O–H groups in total. The van der Waals surface area contributed by atoms with Gasteiger partial charge in [-0.25, -0.2) is 4.98 Å². The van der Waals surface area contributed by atoms with Gasteiger partial charge in [0.15, 0.2) is 0 Å². The summed E-state index contributed by atoms with van der Waals surface area (Å²) in [6, 6.07) is 4.35. The Morgan fingerprint density at radius 1 is 1.33 bits per heavy atom. The highest BCUT2D eigenvalue weighted by molar-refractivity contribution is 7.19. The number of carbonyl (C=O) groups is 1. The van der Waals surface area contributed by atoms with Crippen LogP contribution in [0.3, 0.4) is 0 Å². The number of aldehydes is 1. The predicted molar refractivity (Wildman–Crippen MR) is 140 cm³/mol. The first-order chi connectivity index (χ1) is 17.6. The van der Waals surface area contributed by atoms with Crippen LogP contribution in [0.25, 0.3) is 21.1 Å². The number of nitrogens with zero attached hydrogens (tertiary/aromatic N) is 4. The minimum Gasteiger partial charge on any atom is -0.489 e. The van der Waals surface area contributed by atoms with Crippen molar-refractivity contribution in [1.82, 2.24) is 20.2 Å². The number of morpholine rings is 1. The molecular weight excluding hydrogens is 476 g/mol. The molecule has 3 atom stereocenters. The average molecular weight is 505 g/mol. The van der Waals surface area contributed by atoms with Crippen LogP contribution in [-0.4, -0.2) is 57.9 Å². The van der Waals surface area contributed by atoms with Crippen LogP contribution >= 0.6 is 11.3 Å². The van der Waals surface area contributed by atoms with Crippen LogP contribution in [0, 0.1) is 5.92 Å². The van der Waals surface area contributed by atoms with E-state index in [0.717, 1.165) is 89.4 Å². The SMILES string of the molecule is CC(C)Oc1cc2[nH]ncc2cc1Nc1nc(N2C[C@H]3C[C@@H]2CO3)nc2sc3c(c12)CC[C@H](C=O)C3. The minimum atomic E-state index is 0.0150. The van der Waals surface area contributed by atoms with Gasteiger partial charge in [0.05, 0.1) is 47.6 Å². The summed E-state index contributed by atoms with van der Waals surface area (Å²) in [5, 5.41) is 12.9. The molecule has 9 nitrogen and oxygen atoms in total. The zero-order valence-corrected chi connectivity index (χ0v) is 21.1. The average Bonchev–Trinajstić information content (AvgIpc) is 3.66. The largest absolute Gasteiger partial charge is 0.489 e. The Bertz CT molecular complexity index is 1480. The minimum absolute atomic E-state index is 0.0150. The molecule has 2 bridgehead atoms. The number of benzene rings is 1. The van der Waals surface area contributed by atoms with Crippen molar-refractivity contribution in [2.75, 3.05) is 23.4 Å². The lowest BCUT2D eigenvalue weighted by Crippen LogP contribution is -2.38. The van der Waals surface area contributed by atoms with Gasteiger partial charge in [-0.15, -0.1) is 11.3 Å². The molecule has 3 aromatic heterocycles. The molecule has 4 aromatic rings. The Kier molecular flexibility index (Phi) is 5.14. The zero-order valence-electron chi connectivity index (χ0n) is 20.3. The maximum atomic E-state index is 11.5. The topological polar surface area (TPSA) is 105 Å². The Labute approximate surface area is 212 Å². The van der Waals surface area contributed by atoms with E-state index in [1.165, 1.54) is 10.4 Å². The highest BCUT2D eigenvalue weighted by Gasteiger charge is 2.41. The molecule has 10 heteroatoms. The molecule has 0 unspecified atom stereocenters. The summed E-state index contributed by atoms with van der Waals surface area (Å²) in [4.78, 5) is 26.2. The lowest BCUT2D eigenvalue weighted by atomic mass is 9.89. The third-order valence-corrected chi connectivity index (χ3v) is 8.59. The number of hydrogen-bond donors (Lipinski definition) is 2. The van der Waals surface area contributed by atoms with Gasteiger partial charge < -0.3 is 24.5 Å². The highest BCUT2D eigenvalue weighted by atomic mass is 32.1. The number of anilines is 3. The summed E-state index contributed by atoms with van der Waals surface area (Å²) < 4.78 is 12.0. The lowest BCUT2D eigenvalue weighted by Gasteiger charge is -2.27. The van der Waals surface area contributed by atoms with Crippen LogP contribution in [0.4, 0.5) is 17.5 Å². The number of ether oxygens (including phenoxy) is 2. The van der Waals surface area contributed by atoms with Crippen molar-refractivity contribution < 1.29 is 14.3 Å². The third kappa shape index (κ3) is 3.62. The second-order valence-electron chi connectivity index (χ2n) is 10.3. The summed E-state index contributed by atoms with van der Waals surface area (Å²) in [6.45, 7) is 5.58. The van der Waals surface area contributed by atoms with E-state index in [-0.39, 0.29) is 18.1 Å². The molecule has 1 aliphatic carbocycles. The van der Waals surface area contributed by atoms with Crippen molar-refractivity contribution in [1.29, 1.82) is 0 Å². The fourth-order valence-corrected chi connectivity index (χ4v) is 7.03. The van der Waals surface area contributed by atoms with Gasteiger partial charge in [-0.05, 0) is 51.2 Å². The van der Waals surface area contributed by atoms with E-state index in [1.54, 1.807) is 11.3 Å². The summed E-state index contributed by atoms with van der Waals surface area (Å²) in [6.07, 6.45) is 6.70. The maximum Gasteiger partial charge on any atom is 0.229 e. The second kappa shape index (κ2) is 8.41. The van der Waals surface area contributed by atoms with Gasteiger partial charge in [-0.2, -0.15) is 10.1 Å². The van der Waals surface area contributed by atoms with Gasteiger partial charge >= 0.3 is 0 Å². The molecule has 2 saturated heterocycles. The molecule has 2 aliphatic heterocycles. The predicted octanol–water partition coefficient (Wildman–Crippen LogP) is 4.38. The van der Waals surface area contributed by atoms with E-state index in [2.05, 4.69) is 26.5 Å². The number of rotatable bonds is 6. The molecule has 5 heterocycles. The van der Waals surface area contributed by atoms with Crippen LogP contribution in [0.1, 0.15) is 37.1 Å². The van der Waals surface area contributed by atoms with Crippen molar-refractivity contribution in [3.63, 3.8) is 0 Å². The first-order valence-electron chi connectivity index (χ1n) is 12.6. The van der Waals surface area contributed by atoms with Crippen LogP contribution in [0.15, 0.2) is 18.3 Å². The summed E-state index contributed by atoms with van der Waals surface area (Å²) in [7, 11) is 0. The molecule has 0 spiro atoms. The summed E-state index contributed by atoms with van der Waals surface area (Å²) >= 11 is 1.70. The van der Waals surface area contributed by atoms with Crippen molar-refractivity contribution in [2.45, 2.75) is 57.8 Å². The first-order valence-corrected chi connectivity index (χ1v) is 13.4. The van der Waals surface area contributed by atoms with Crippen LogP contribution in [0.5, 0.6) is 5.75 Å². The van der Waals surface area contributed by atoms with E-state index >= 15 is 0 Å². The quantitative estimate of drug-likeness (QED) is 0.373. The number of hydrogen-bond acceptors (Lipinski definition) is 9. The van der Waals surface area contributed by atoms with E-state index < -0.39 is 0 Å². The number of aromatic amines is 1. The van der Waals surface area contributed by atoms with Crippen LogP contribution < -0.4 is 15.0 Å². The summed E-state index contributed by atoms with van der Waals surface area (Å²) in [5.41, 5.74) is 3.03. The van der Waals surface area contributed by atoms with Crippen LogP contribution in [0.2, 0.25) is 0 Å². The van der Waals surface area contributed by atoms with Crippen molar-refractivity contribution in [3.05, 3.63) is 28.8 Å². The zero-order chi connectivity index (χ0) is 24.4. The fourth-order valence-electron chi connectivity index (χ4n) is 5.72. The smallest absolute Gasteiger partial charge is 0.229 e. The van der Waals surface area contributed by atoms with E-state index in [1.807, 2.05) is 26.1 Å². The van der Waals surface area contributed by atoms with Gasteiger partial charge in [0.1, 0.15) is 22.7 Å². The Morgan fingerprint density at radius 2 is 2.25 bits per heavy atom. The van der Waals surface area contributed by atoms with E-state index in [4.69, 9.17) is 19.4 Å². The number of thiophene rings is 1.